The highest BCUT2D eigenvalue weighted by atomic mass is 35.5. The molecule has 1 aromatic carbocycles. The first kappa shape index (κ1) is 16.5. The molecule has 0 spiro atoms. The minimum atomic E-state index is -0.617. The summed E-state index contributed by atoms with van der Waals surface area (Å²) in [5.41, 5.74) is 8.13. The highest BCUT2D eigenvalue weighted by Gasteiger charge is 2.19. The van der Waals surface area contributed by atoms with Gasteiger partial charge in [0.15, 0.2) is 0 Å². The lowest BCUT2D eigenvalue weighted by Gasteiger charge is -2.13. The molecule has 0 amide bonds. The van der Waals surface area contributed by atoms with Crippen LogP contribution in [0, 0.1) is 0 Å². The molecule has 0 bridgehead atoms. The number of nitrogens with two attached hydrogens (primary N) is 1. The van der Waals surface area contributed by atoms with Crippen molar-refractivity contribution in [2.24, 2.45) is 12.8 Å². The predicted octanol–water partition coefficient (Wildman–Crippen LogP) is 2.42. The van der Waals surface area contributed by atoms with Gasteiger partial charge in [-0.3, -0.25) is 4.79 Å². The number of carbonyl (C=O) groups is 1. The van der Waals surface area contributed by atoms with E-state index in [4.69, 9.17) is 10.5 Å². The minimum absolute atomic E-state index is 0. The quantitative estimate of drug-likeness (QED) is 0.882. The van der Waals surface area contributed by atoms with Gasteiger partial charge in [-0.1, -0.05) is 18.2 Å². The van der Waals surface area contributed by atoms with Crippen LogP contribution in [0.4, 0.5) is 0 Å². The second-order valence-corrected chi connectivity index (χ2v) is 5.08. The summed E-state index contributed by atoms with van der Waals surface area (Å²) in [6, 6.07) is 7.47. The third kappa shape index (κ3) is 3.52. The minimum Gasteiger partial charge on any atom is -0.462 e. The molecule has 0 unspecified atom stereocenters. The van der Waals surface area contributed by atoms with Crippen LogP contribution in [0.2, 0.25) is 0 Å². The number of nitrogens with zero attached hydrogens (tertiary/aromatic N) is 1. The number of halogens is 1. The van der Waals surface area contributed by atoms with Crippen molar-refractivity contribution in [3.63, 3.8) is 0 Å². The maximum atomic E-state index is 11.7. The molecule has 0 aliphatic heterocycles. The Bertz CT molecular complexity index is 593. The van der Waals surface area contributed by atoms with Gasteiger partial charge in [0.25, 0.3) is 0 Å². The first-order valence-corrected chi connectivity index (χ1v) is 6.48. The van der Waals surface area contributed by atoms with Crippen molar-refractivity contribution < 1.29 is 9.53 Å². The number of hydrogen-bond donors (Lipinski definition) is 1. The summed E-state index contributed by atoms with van der Waals surface area (Å²) in [5, 5.41) is 1.14. The van der Waals surface area contributed by atoms with E-state index < -0.39 is 6.04 Å². The molecule has 0 fully saturated rings. The number of hydrogen-bond acceptors (Lipinski definition) is 3. The Hall–Kier alpha value is -1.52. The smallest absolute Gasteiger partial charge is 0.323 e. The van der Waals surface area contributed by atoms with Gasteiger partial charge in [0.2, 0.25) is 0 Å². The van der Waals surface area contributed by atoms with Crippen molar-refractivity contribution in [3.8, 4) is 0 Å². The van der Waals surface area contributed by atoms with Crippen LogP contribution in [0.5, 0.6) is 0 Å². The van der Waals surface area contributed by atoms with E-state index in [1.807, 2.05) is 49.9 Å². The maximum absolute atomic E-state index is 11.7. The summed E-state index contributed by atoms with van der Waals surface area (Å²) in [6.07, 6.45) is 2.38. The number of carbonyl (C=O) groups excluding carboxylic acids is 1. The lowest BCUT2D eigenvalue weighted by molar-refractivity contribution is -0.148. The van der Waals surface area contributed by atoms with E-state index in [1.54, 1.807) is 0 Å². The molecule has 0 aliphatic carbocycles. The molecule has 0 saturated carbocycles. The van der Waals surface area contributed by atoms with Gasteiger partial charge in [0, 0.05) is 30.6 Å². The lowest BCUT2D eigenvalue weighted by atomic mass is 10.1. The Morgan fingerprint density at radius 2 is 2.00 bits per heavy atom. The molecule has 1 aromatic heterocycles. The summed E-state index contributed by atoms with van der Waals surface area (Å²) < 4.78 is 7.18. The molecule has 0 radical (unpaired) electrons. The van der Waals surface area contributed by atoms with Gasteiger partial charge in [-0.15, -0.1) is 12.4 Å². The van der Waals surface area contributed by atoms with Crippen LogP contribution in [0.3, 0.4) is 0 Å². The molecule has 5 heteroatoms. The topological polar surface area (TPSA) is 57.2 Å². The summed E-state index contributed by atoms with van der Waals surface area (Å²) in [4.78, 5) is 11.7. The van der Waals surface area contributed by atoms with Crippen molar-refractivity contribution in [3.05, 3.63) is 36.0 Å². The van der Waals surface area contributed by atoms with Crippen LogP contribution in [0.1, 0.15) is 19.4 Å². The van der Waals surface area contributed by atoms with E-state index in [9.17, 15) is 4.79 Å². The van der Waals surface area contributed by atoms with Crippen molar-refractivity contribution in [1.29, 1.82) is 0 Å². The van der Waals surface area contributed by atoms with Gasteiger partial charge in [0.1, 0.15) is 6.04 Å². The largest absolute Gasteiger partial charge is 0.462 e. The average molecular weight is 297 g/mol. The number of aryl methyl sites for hydroxylation is 1. The van der Waals surface area contributed by atoms with Crippen LogP contribution in [-0.2, 0) is 23.0 Å². The normalized spacial score (nSPS) is 12.2. The van der Waals surface area contributed by atoms with Gasteiger partial charge < -0.3 is 15.0 Å². The molecule has 20 heavy (non-hydrogen) atoms. The number of rotatable bonds is 4. The zero-order chi connectivity index (χ0) is 14.0. The lowest BCUT2D eigenvalue weighted by Crippen LogP contribution is -2.35. The molecule has 110 valence electrons. The first-order valence-electron chi connectivity index (χ1n) is 6.48. The number of benzene rings is 1. The number of fused-ring (bicyclic) bond motifs is 1. The summed E-state index contributed by atoms with van der Waals surface area (Å²) in [5.74, 6) is -0.345. The van der Waals surface area contributed by atoms with Gasteiger partial charge in [-0.2, -0.15) is 0 Å². The van der Waals surface area contributed by atoms with E-state index in [0.717, 1.165) is 16.5 Å². The summed E-state index contributed by atoms with van der Waals surface area (Å²) >= 11 is 0. The molecule has 0 saturated heterocycles. The fourth-order valence-corrected chi connectivity index (χ4v) is 2.23. The molecule has 2 N–H and O–H groups in total. The second-order valence-electron chi connectivity index (χ2n) is 5.08. The van der Waals surface area contributed by atoms with Crippen LogP contribution >= 0.6 is 12.4 Å². The number of esters is 1. The molecular weight excluding hydrogens is 276 g/mol. The van der Waals surface area contributed by atoms with Crippen LogP contribution < -0.4 is 5.73 Å². The van der Waals surface area contributed by atoms with E-state index in [0.29, 0.717) is 6.42 Å². The monoisotopic (exact) mass is 296 g/mol. The van der Waals surface area contributed by atoms with Gasteiger partial charge in [0.05, 0.1) is 6.10 Å². The third-order valence-corrected chi connectivity index (χ3v) is 3.07. The number of ether oxygens (including phenoxy) is 1. The Morgan fingerprint density at radius 3 is 2.65 bits per heavy atom. The zero-order valence-electron chi connectivity index (χ0n) is 12.0. The Kier molecular flexibility index (Phi) is 5.60. The molecule has 2 aromatic rings. The molecule has 1 atom stereocenters. The molecule has 0 aliphatic rings. The van der Waals surface area contributed by atoms with Gasteiger partial charge >= 0.3 is 5.97 Å². The van der Waals surface area contributed by atoms with Crippen molar-refractivity contribution in [2.75, 3.05) is 0 Å². The summed E-state index contributed by atoms with van der Waals surface area (Å²) in [7, 11) is 1.99. The standard InChI is InChI=1S/C15H20N2O2.ClH/c1-10(2)19-15(18)13(16)8-11-9-17(3)14-7-5-4-6-12(11)14;/h4-7,9-10,13H,8,16H2,1-3H3;1H/t13-;/m1./s1. The van der Waals surface area contributed by atoms with E-state index in [1.165, 1.54) is 0 Å². The number of para-hydroxylation sites is 1. The average Bonchev–Trinajstić information content (AvgIpc) is 2.66. The maximum Gasteiger partial charge on any atom is 0.323 e. The van der Waals surface area contributed by atoms with E-state index >= 15 is 0 Å². The Labute approximate surface area is 125 Å². The molecule has 1 heterocycles. The molecule has 2 rings (SSSR count). The highest BCUT2D eigenvalue weighted by Crippen LogP contribution is 2.21. The predicted molar refractivity (Wildman–Crippen MR) is 83.1 cm³/mol. The second kappa shape index (κ2) is 6.77. The summed E-state index contributed by atoms with van der Waals surface area (Å²) in [6.45, 7) is 3.64. The van der Waals surface area contributed by atoms with E-state index in [2.05, 4.69) is 6.07 Å². The van der Waals surface area contributed by atoms with Crippen LogP contribution in [-0.4, -0.2) is 22.7 Å². The van der Waals surface area contributed by atoms with Crippen molar-refractivity contribution in [1.82, 2.24) is 4.57 Å². The fourth-order valence-electron chi connectivity index (χ4n) is 2.23. The highest BCUT2D eigenvalue weighted by molar-refractivity contribution is 5.85. The van der Waals surface area contributed by atoms with Gasteiger partial charge in [-0.25, -0.2) is 0 Å². The molecule has 4 nitrogen and oxygen atoms in total. The molecular formula is C15H21ClN2O2. The van der Waals surface area contributed by atoms with Crippen molar-refractivity contribution >= 4 is 29.3 Å². The Balaban J connectivity index is 0.00000200. The van der Waals surface area contributed by atoms with E-state index in [-0.39, 0.29) is 24.5 Å². The Morgan fingerprint density at radius 1 is 1.35 bits per heavy atom. The van der Waals surface area contributed by atoms with Crippen LogP contribution in [0.25, 0.3) is 10.9 Å². The zero-order valence-corrected chi connectivity index (χ0v) is 12.8. The number of aromatic nitrogens is 1. The fraction of sp³-hybridized carbons (Fsp3) is 0.400. The van der Waals surface area contributed by atoms with Crippen LogP contribution in [0.15, 0.2) is 30.5 Å². The SMILES string of the molecule is CC(C)OC(=O)[C@H](N)Cc1cn(C)c2ccccc12.Cl. The first-order chi connectivity index (χ1) is 8.99. The van der Waals surface area contributed by atoms with Crippen molar-refractivity contribution in [2.45, 2.75) is 32.4 Å². The van der Waals surface area contributed by atoms with Gasteiger partial charge in [-0.05, 0) is 25.5 Å². The third-order valence-electron chi connectivity index (χ3n) is 3.07.